The highest BCUT2D eigenvalue weighted by molar-refractivity contribution is 8.25. The summed E-state index contributed by atoms with van der Waals surface area (Å²) in [6, 6.07) is 105. The number of para-hydroxylation sites is 3. The Hall–Kier alpha value is -10.4. The van der Waals surface area contributed by atoms with Gasteiger partial charge >= 0.3 is 0 Å². The van der Waals surface area contributed by atoms with Crippen molar-refractivity contribution < 1.29 is 0 Å². The van der Waals surface area contributed by atoms with Crippen LogP contribution in [0.5, 0.6) is 0 Å². The summed E-state index contributed by atoms with van der Waals surface area (Å²) >= 11 is 7.41. The summed E-state index contributed by atoms with van der Waals surface area (Å²) in [6.45, 7) is 0. The molecule has 396 valence electrons. The Kier molecular flexibility index (Phi) is 11.4. The molecule has 0 aliphatic carbocycles. The van der Waals surface area contributed by atoms with E-state index in [0.717, 1.165) is 131 Å². The molecule has 0 atom stereocenters. The molecule has 14 aromatic carbocycles. The number of benzene rings is 14. The molecule has 0 N–H and O–H groups in total. The van der Waals surface area contributed by atoms with Gasteiger partial charge in [0.15, 0.2) is 0 Å². The Bertz CT molecular complexity index is 5190. The normalized spacial score (nSPS) is 12.0. The molecule has 0 fully saturated rings. The van der Waals surface area contributed by atoms with Crippen molar-refractivity contribution in [1.82, 2.24) is 19.5 Å². The molecule has 0 unspecified atom stereocenters. The van der Waals surface area contributed by atoms with Gasteiger partial charge in [0.05, 0.1) is 33.1 Å². The average Bonchev–Trinajstić information content (AvgIpc) is 2.37. The smallest absolute Gasteiger partial charge is 0.145 e. The third-order valence-corrected chi connectivity index (χ3v) is 22.4. The van der Waals surface area contributed by atoms with E-state index in [1.54, 1.807) is 0 Å². The maximum Gasteiger partial charge on any atom is 0.145 e. The topological polar surface area (TPSA) is 43.6 Å². The fourth-order valence-electron chi connectivity index (χ4n) is 13.3. The van der Waals surface area contributed by atoms with Crippen molar-refractivity contribution in [1.29, 1.82) is 0 Å². The van der Waals surface area contributed by atoms with Crippen molar-refractivity contribution >= 4 is 131 Å². The van der Waals surface area contributed by atoms with Crippen LogP contribution in [0.3, 0.4) is 0 Å². The van der Waals surface area contributed by atoms with E-state index in [4.69, 9.17) is 26.8 Å². The number of hydrogen-bond donors (Lipinski definition) is 0. The Morgan fingerprint density at radius 1 is 0.271 bits per heavy atom. The Morgan fingerprint density at radius 2 is 0.671 bits per heavy atom. The molecule has 17 aromatic rings. The fraction of sp³-hybridized carbons (Fsp3) is 0. The van der Waals surface area contributed by atoms with Crippen LogP contribution in [0.1, 0.15) is 0 Å². The van der Waals surface area contributed by atoms with Gasteiger partial charge < -0.3 is 0 Å². The summed E-state index contributed by atoms with van der Waals surface area (Å²) in [5, 5.41) is 17.1. The van der Waals surface area contributed by atoms with Gasteiger partial charge in [-0.05, 0) is 90.0 Å². The number of fused-ring (bicyclic) bond motifs is 13. The molecule has 0 amide bonds. The Labute approximate surface area is 495 Å². The van der Waals surface area contributed by atoms with Crippen LogP contribution in [0.2, 0.25) is 0 Å². The molecule has 0 aliphatic rings. The van der Waals surface area contributed by atoms with Gasteiger partial charge in [0.2, 0.25) is 0 Å². The van der Waals surface area contributed by atoms with Crippen molar-refractivity contribution in [2.24, 2.45) is 0 Å². The lowest BCUT2D eigenvalue weighted by Crippen LogP contribution is -2.25. The SMILES string of the molecule is S=P(c1ccc(-c2c3ccc4ccccc4c3nc3c2ccc2ccccc23)cc1)(c1ccc(-c2c3ccc4ccccc4c3nc3c2ccc2ccccc23)cc1)c1cccc(-c2ccc(-c3nc4ccccc4n3-c3ccccc3)cc2)c1. The second-order valence-corrected chi connectivity index (χ2v) is 26.5. The van der Waals surface area contributed by atoms with Crippen molar-refractivity contribution in [3.8, 4) is 50.5 Å². The first kappa shape index (κ1) is 49.2. The van der Waals surface area contributed by atoms with Crippen LogP contribution >= 0.6 is 6.04 Å². The maximum absolute atomic E-state index is 7.41. The van der Waals surface area contributed by atoms with Crippen molar-refractivity contribution in [3.63, 3.8) is 0 Å². The van der Waals surface area contributed by atoms with E-state index < -0.39 is 6.04 Å². The molecule has 0 radical (unpaired) electrons. The predicted octanol–water partition coefficient (Wildman–Crippen LogP) is 19.5. The summed E-state index contributed by atoms with van der Waals surface area (Å²) in [6.07, 6.45) is 0. The first-order valence-corrected chi connectivity index (χ1v) is 31.6. The highest BCUT2D eigenvalue weighted by atomic mass is 32.4. The highest BCUT2D eigenvalue weighted by Gasteiger charge is 2.27. The third-order valence-electron chi connectivity index (χ3n) is 17.4. The lowest BCUT2D eigenvalue weighted by atomic mass is 9.92. The van der Waals surface area contributed by atoms with E-state index in [1.807, 2.05) is 0 Å². The van der Waals surface area contributed by atoms with Crippen LogP contribution in [0.4, 0.5) is 0 Å². The number of rotatable bonds is 8. The molecule has 0 bridgehead atoms. The van der Waals surface area contributed by atoms with Gasteiger partial charge in [-0.25, -0.2) is 15.0 Å². The van der Waals surface area contributed by atoms with Crippen LogP contribution in [-0.4, -0.2) is 19.5 Å². The number of pyridine rings is 2. The van der Waals surface area contributed by atoms with E-state index in [1.165, 1.54) is 32.7 Å². The zero-order valence-corrected chi connectivity index (χ0v) is 47.6. The lowest BCUT2D eigenvalue weighted by Gasteiger charge is -2.26. The minimum Gasteiger partial charge on any atom is -0.292 e. The molecule has 0 saturated heterocycles. The Morgan fingerprint density at radius 3 is 1.14 bits per heavy atom. The molecule has 3 aromatic heterocycles. The second kappa shape index (κ2) is 19.6. The first-order valence-electron chi connectivity index (χ1n) is 28.8. The van der Waals surface area contributed by atoms with E-state index in [9.17, 15) is 0 Å². The van der Waals surface area contributed by atoms with E-state index in [0.29, 0.717) is 0 Å². The van der Waals surface area contributed by atoms with Gasteiger partial charge in [-0.15, -0.1) is 0 Å². The fourth-order valence-corrected chi connectivity index (χ4v) is 17.0. The number of nitrogens with zero attached hydrogens (tertiary/aromatic N) is 4. The van der Waals surface area contributed by atoms with Crippen molar-refractivity contribution in [2.45, 2.75) is 0 Å². The molecule has 17 rings (SSSR count). The van der Waals surface area contributed by atoms with Gasteiger partial charge in [0, 0.05) is 71.5 Å². The highest BCUT2D eigenvalue weighted by Crippen LogP contribution is 2.47. The van der Waals surface area contributed by atoms with Gasteiger partial charge in [-0.3, -0.25) is 4.57 Å². The van der Waals surface area contributed by atoms with Crippen LogP contribution in [0.25, 0.3) is 148 Å². The van der Waals surface area contributed by atoms with E-state index >= 15 is 0 Å². The zero-order chi connectivity index (χ0) is 56.2. The van der Waals surface area contributed by atoms with Gasteiger partial charge in [-0.2, -0.15) is 0 Å². The molecular formula is C79H49N4PS. The van der Waals surface area contributed by atoms with Gasteiger partial charge in [-0.1, -0.05) is 279 Å². The van der Waals surface area contributed by atoms with Crippen LogP contribution in [0, 0.1) is 0 Å². The summed E-state index contributed by atoms with van der Waals surface area (Å²) in [5.74, 6) is 0.902. The molecule has 85 heavy (non-hydrogen) atoms. The third kappa shape index (κ3) is 7.89. The van der Waals surface area contributed by atoms with Gasteiger partial charge in [0.1, 0.15) is 5.82 Å². The first-order chi connectivity index (χ1) is 42.0. The largest absolute Gasteiger partial charge is 0.292 e. The predicted molar refractivity (Wildman–Crippen MR) is 365 cm³/mol. The maximum atomic E-state index is 7.41. The number of aromatic nitrogens is 4. The summed E-state index contributed by atoms with van der Waals surface area (Å²) < 4.78 is 2.25. The molecule has 0 aliphatic heterocycles. The van der Waals surface area contributed by atoms with Crippen LogP contribution in [-0.2, 0) is 11.8 Å². The molecular weight excluding hydrogens is 1070 g/mol. The minimum absolute atomic E-state index is 0.902. The zero-order valence-electron chi connectivity index (χ0n) is 45.9. The lowest BCUT2D eigenvalue weighted by molar-refractivity contribution is 1.10. The molecule has 4 nitrogen and oxygen atoms in total. The van der Waals surface area contributed by atoms with Crippen molar-refractivity contribution in [3.05, 3.63) is 297 Å². The van der Waals surface area contributed by atoms with E-state index in [-0.39, 0.29) is 0 Å². The summed E-state index contributed by atoms with van der Waals surface area (Å²) in [5.41, 5.74) is 14.9. The second-order valence-electron chi connectivity index (χ2n) is 22.1. The summed E-state index contributed by atoms with van der Waals surface area (Å²) in [7, 11) is 0. The quantitative estimate of drug-likeness (QED) is 0.0864. The average molecular weight is 1120 g/mol. The van der Waals surface area contributed by atoms with Crippen LogP contribution < -0.4 is 15.9 Å². The molecule has 6 heteroatoms. The minimum atomic E-state index is -2.79. The molecule has 0 saturated carbocycles. The monoisotopic (exact) mass is 1120 g/mol. The summed E-state index contributed by atoms with van der Waals surface area (Å²) in [4.78, 5) is 16.2. The van der Waals surface area contributed by atoms with Crippen molar-refractivity contribution in [2.75, 3.05) is 0 Å². The number of hydrogen-bond acceptors (Lipinski definition) is 4. The Balaban J connectivity index is 0.836. The van der Waals surface area contributed by atoms with E-state index in [2.05, 4.69) is 302 Å². The van der Waals surface area contributed by atoms with Crippen LogP contribution in [0.15, 0.2) is 297 Å². The van der Waals surface area contributed by atoms with Gasteiger partial charge in [0.25, 0.3) is 0 Å². The molecule has 3 heterocycles. The molecule has 0 spiro atoms. The number of imidazole rings is 1. The standard InChI is InChI=1S/C79H49N4PS/c85-84(62-22-14-19-58(49-62)50-29-31-57(32-30-50)79-80-71-27-12-13-28-72(71)83(79)59-20-2-1-3-21-59,60-41-33-55(34-42-60)73-67-45-37-51-15-4-8-23-63(51)75(67)81-76-64-24-9-5-16-52(64)38-46-68(73)76)61-43-35-56(36-44-61)74-69-47-39-53-17-6-10-25-65(53)77(69)82-78-66-26-11-7-18-54(66)40-48-70(74)78/h1-49H.